The van der Waals surface area contributed by atoms with Crippen molar-refractivity contribution in [3.05, 3.63) is 22.4 Å². The Morgan fingerprint density at radius 3 is 3.09 bits per heavy atom. The molecule has 0 aliphatic carbocycles. The van der Waals surface area contributed by atoms with Crippen LogP contribution in [-0.2, 0) is 21.3 Å². The summed E-state index contributed by atoms with van der Waals surface area (Å²) < 4.78 is 31.4. The molecule has 1 aromatic heterocycles. The van der Waals surface area contributed by atoms with Crippen LogP contribution in [0.1, 0.15) is 31.2 Å². The lowest BCUT2D eigenvalue weighted by Crippen LogP contribution is -2.46. The minimum atomic E-state index is -3.14. The fourth-order valence-electron chi connectivity index (χ4n) is 3.51. The van der Waals surface area contributed by atoms with Crippen LogP contribution >= 0.6 is 11.3 Å². The first kappa shape index (κ1) is 16.4. The predicted molar refractivity (Wildman–Crippen MR) is 88.5 cm³/mol. The van der Waals surface area contributed by atoms with Crippen LogP contribution in [0, 0.1) is 0 Å². The molecule has 124 valence electrons. The number of thiophene rings is 1. The summed E-state index contributed by atoms with van der Waals surface area (Å²) in [6.07, 6.45) is 5.39. The van der Waals surface area contributed by atoms with Gasteiger partial charge in [-0.3, -0.25) is 4.90 Å². The third kappa shape index (κ3) is 4.29. The molecule has 3 rings (SSSR count). The van der Waals surface area contributed by atoms with Gasteiger partial charge in [-0.25, -0.2) is 13.1 Å². The van der Waals surface area contributed by atoms with E-state index in [4.69, 9.17) is 4.74 Å². The van der Waals surface area contributed by atoms with Crippen molar-refractivity contribution in [2.45, 2.75) is 43.9 Å². The molecule has 1 N–H and O–H groups in total. The smallest absolute Gasteiger partial charge is 0.208 e. The molecule has 22 heavy (non-hydrogen) atoms. The van der Waals surface area contributed by atoms with Crippen LogP contribution in [0.5, 0.6) is 0 Å². The molecule has 2 aliphatic rings. The van der Waals surface area contributed by atoms with E-state index in [0.29, 0.717) is 6.54 Å². The van der Waals surface area contributed by atoms with Crippen molar-refractivity contribution in [2.24, 2.45) is 0 Å². The maximum atomic E-state index is 11.2. The second kappa shape index (κ2) is 6.57. The topological polar surface area (TPSA) is 58.6 Å². The summed E-state index contributed by atoms with van der Waals surface area (Å²) in [5.41, 5.74) is 1.30. The molecule has 1 spiro atoms. The van der Waals surface area contributed by atoms with Gasteiger partial charge in [-0.15, -0.1) is 0 Å². The van der Waals surface area contributed by atoms with Gasteiger partial charge >= 0.3 is 0 Å². The monoisotopic (exact) mass is 344 g/mol. The van der Waals surface area contributed by atoms with Gasteiger partial charge in [0.15, 0.2) is 0 Å². The Morgan fingerprint density at radius 2 is 2.36 bits per heavy atom. The summed E-state index contributed by atoms with van der Waals surface area (Å²) >= 11 is 1.74. The van der Waals surface area contributed by atoms with Gasteiger partial charge in [-0.1, -0.05) is 0 Å². The zero-order chi connectivity index (χ0) is 15.6. The van der Waals surface area contributed by atoms with E-state index in [-0.39, 0.29) is 11.7 Å². The molecular formula is C15H24N2O3S2. The first-order valence-corrected chi connectivity index (χ1v) is 10.6. The average Bonchev–Trinajstić information content (AvgIpc) is 3.08. The van der Waals surface area contributed by atoms with Crippen molar-refractivity contribution in [1.29, 1.82) is 0 Å². The van der Waals surface area contributed by atoms with Crippen LogP contribution in [0.3, 0.4) is 0 Å². The van der Waals surface area contributed by atoms with Gasteiger partial charge < -0.3 is 4.74 Å². The number of hydrogen-bond donors (Lipinski definition) is 1. The second-order valence-corrected chi connectivity index (χ2v) is 9.14. The Labute approximate surface area is 136 Å². The molecule has 0 unspecified atom stereocenters. The van der Waals surface area contributed by atoms with Crippen molar-refractivity contribution < 1.29 is 13.2 Å². The number of rotatable bonds is 5. The maximum Gasteiger partial charge on any atom is 0.208 e. The van der Waals surface area contributed by atoms with Crippen LogP contribution in [0.4, 0.5) is 0 Å². The highest BCUT2D eigenvalue weighted by Crippen LogP contribution is 2.37. The maximum absolute atomic E-state index is 11.2. The van der Waals surface area contributed by atoms with Gasteiger partial charge in [-0.05, 0) is 48.1 Å². The molecule has 2 aliphatic heterocycles. The quantitative estimate of drug-likeness (QED) is 0.885. The molecule has 0 saturated carbocycles. The highest BCUT2D eigenvalue weighted by molar-refractivity contribution is 7.88. The minimum absolute atomic E-state index is 0.00423. The Morgan fingerprint density at radius 1 is 1.50 bits per heavy atom. The van der Waals surface area contributed by atoms with Gasteiger partial charge in [0, 0.05) is 26.2 Å². The number of hydrogen-bond acceptors (Lipinski definition) is 5. The minimum Gasteiger partial charge on any atom is -0.369 e. The number of likely N-dealkylation sites (tertiary alicyclic amines) is 1. The van der Waals surface area contributed by atoms with Crippen molar-refractivity contribution in [3.63, 3.8) is 0 Å². The molecule has 0 radical (unpaired) electrons. The summed E-state index contributed by atoms with van der Waals surface area (Å²) in [7, 11) is -3.14. The standard InChI is InChI=1S/C15H24N2O3S2/c1-22(18,19)16-9-14-3-2-5-15(20-14)6-7-17(12-15)10-13-4-8-21-11-13/h4,8,11,14,16H,2-3,5-7,9-10,12H2,1H3/t14-,15-/m0/s1. The second-order valence-electron chi connectivity index (χ2n) is 6.53. The molecule has 0 bridgehead atoms. The van der Waals surface area contributed by atoms with E-state index < -0.39 is 10.0 Å². The van der Waals surface area contributed by atoms with Crippen LogP contribution in [-0.4, -0.2) is 50.9 Å². The molecule has 3 heterocycles. The molecule has 0 amide bonds. The van der Waals surface area contributed by atoms with Gasteiger partial charge in [0.05, 0.1) is 18.0 Å². The lowest BCUT2D eigenvalue weighted by molar-refractivity contribution is -0.118. The Bertz CT molecular complexity index is 588. The fourth-order valence-corrected chi connectivity index (χ4v) is 4.66. The first-order chi connectivity index (χ1) is 10.4. The van der Waals surface area contributed by atoms with Crippen LogP contribution in [0.15, 0.2) is 16.8 Å². The number of ether oxygens (including phenoxy) is 1. The Hall–Kier alpha value is -0.470. The summed E-state index contributed by atoms with van der Waals surface area (Å²) in [4.78, 5) is 2.45. The lowest BCUT2D eigenvalue weighted by atomic mass is 9.90. The van der Waals surface area contributed by atoms with Crippen LogP contribution in [0.2, 0.25) is 0 Å². The van der Waals surface area contributed by atoms with Gasteiger partial charge in [0.25, 0.3) is 0 Å². The third-order valence-corrected chi connectivity index (χ3v) is 5.95. The lowest BCUT2D eigenvalue weighted by Gasteiger charge is -2.38. The van der Waals surface area contributed by atoms with Gasteiger partial charge in [-0.2, -0.15) is 11.3 Å². The van der Waals surface area contributed by atoms with E-state index in [0.717, 1.165) is 45.3 Å². The van der Waals surface area contributed by atoms with Crippen molar-refractivity contribution >= 4 is 21.4 Å². The summed E-state index contributed by atoms with van der Waals surface area (Å²) in [5.74, 6) is 0. The fraction of sp³-hybridized carbons (Fsp3) is 0.733. The molecule has 5 nitrogen and oxygen atoms in total. The van der Waals surface area contributed by atoms with Crippen LogP contribution < -0.4 is 4.72 Å². The number of nitrogens with zero attached hydrogens (tertiary/aromatic N) is 1. The first-order valence-electron chi connectivity index (χ1n) is 7.80. The van der Waals surface area contributed by atoms with Gasteiger partial charge in [0.2, 0.25) is 10.0 Å². The normalized spacial score (nSPS) is 30.1. The Kier molecular flexibility index (Phi) is 4.89. The van der Waals surface area contributed by atoms with Crippen LogP contribution in [0.25, 0.3) is 0 Å². The van der Waals surface area contributed by atoms with Crippen molar-refractivity contribution in [2.75, 3.05) is 25.9 Å². The Balaban J connectivity index is 1.55. The third-order valence-electron chi connectivity index (χ3n) is 4.53. The van der Waals surface area contributed by atoms with E-state index in [1.807, 2.05) is 0 Å². The molecule has 1 aromatic rings. The SMILES string of the molecule is CS(=O)(=O)NC[C@@H]1CCC[C@@]2(CCN(Cc3ccsc3)C2)O1. The molecule has 7 heteroatoms. The molecular weight excluding hydrogens is 320 g/mol. The van der Waals surface area contributed by atoms with Crippen molar-refractivity contribution in [1.82, 2.24) is 9.62 Å². The predicted octanol–water partition coefficient (Wildman–Crippen LogP) is 1.81. The van der Waals surface area contributed by atoms with Gasteiger partial charge in [0.1, 0.15) is 0 Å². The van der Waals surface area contributed by atoms with E-state index in [9.17, 15) is 8.42 Å². The van der Waals surface area contributed by atoms with E-state index >= 15 is 0 Å². The highest BCUT2D eigenvalue weighted by atomic mass is 32.2. The van der Waals surface area contributed by atoms with E-state index in [1.54, 1.807) is 11.3 Å². The number of sulfonamides is 1. The summed E-state index contributed by atoms with van der Waals surface area (Å²) in [5, 5.41) is 4.32. The average molecular weight is 345 g/mol. The molecule has 2 saturated heterocycles. The van der Waals surface area contributed by atoms with E-state index in [1.165, 1.54) is 11.8 Å². The summed E-state index contributed by atoms with van der Waals surface area (Å²) in [6.45, 7) is 3.40. The largest absolute Gasteiger partial charge is 0.369 e. The van der Waals surface area contributed by atoms with E-state index in [2.05, 4.69) is 26.4 Å². The highest BCUT2D eigenvalue weighted by Gasteiger charge is 2.42. The zero-order valence-electron chi connectivity index (χ0n) is 13.0. The molecule has 2 fully saturated rings. The summed E-state index contributed by atoms with van der Waals surface area (Å²) in [6, 6.07) is 2.18. The van der Waals surface area contributed by atoms with Crippen molar-refractivity contribution in [3.8, 4) is 0 Å². The number of nitrogens with one attached hydrogen (secondary N) is 1. The zero-order valence-corrected chi connectivity index (χ0v) is 14.6. The molecule has 0 aromatic carbocycles. The molecule has 2 atom stereocenters.